The summed E-state index contributed by atoms with van der Waals surface area (Å²) in [4.78, 5) is 16.3. The largest absolute Gasteiger partial charge is 0.456 e. The topological polar surface area (TPSA) is 51.2 Å². The highest BCUT2D eigenvalue weighted by Crippen LogP contribution is 2.21. The van der Waals surface area contributed by atoms with Crippen molar-refractivity contribution in [2.45, 2.75) is 45.1 Å². The molecule has 1 saturated carbocycles. The van der Waals surface area contributed by atoms with E-state index in [0.29, 0.717) is 11.8 Å². The van der Waals surface area contributed by atoms with Crippen LogP contribution in [0.5, 0.6) is 11.5 Å². The Morgan fingerprint density at radius 2 is 1.85 bits per heavy atom. The molecule has 1 aromatic carbocycles. The first kappa shape index (κ1) is 20.0. The lowest BCUT2D eigenvalue weighted by Gasteiger charge is -2.22. The molecule has 1 fully saturated rings. The molecule has 1 aliphatic rings. The average Bonchev–Trinajstić information content (AvgIpc) is 2.65. The normalized spacial score (nSPS) is 15.0. The second kappa shape index (κ2) is 9.97. The third-order valence-corrected chi connectivity index (χ3v) is 4.43. The Morgan fingerprint density at radius 3 is 2.50 bits per heavy atom. The Balaban J connectivity index is 0.00000243. The maximum absolute atomic E-state index is 12.3. The van der Waals surface area contributed by atoms with Crippen LogP contribution in [0.1, 0.15) is 44.6 Å². The van der Waals surface area contributed by atoms with E-state index in [0.717, 1.165) is 29.7 Å². The third-order valence-electron chi connectivity index (χ3n) is 4.43. The minimum Gasteiger partial charge on any atom is -0.456 e. The van der Waals surface area contributed by atoms with E-state index in [-0.39, 0.29) is 18.3 Å². The zero-order chi connectivity index (χ0) is 17.5. The molecule has 0 bridgehead atoms. The van der Waals surface area contributed by atoms with Crippen LogP contribution in [0.3, 0.4) is 0 Å². The summed E-state index contributed by atoms with van der Waals surface area (Å²) in [6, 6.07) is 11.7. The first-order valence-electron chi connectivity index (χ1n) is 8.88. The molecule has 1 heterocycles. The van der Waals surface area contributed by atoms with E-state index in [9.17, 15) is 4.79 Å². The van der Waals surface area contributed by atoms with Gasteiger partial charge in [0.25, 0.3) is 0 Å². The van der Waals surface area contributed by atoms with Crippen LogP contribution < -0.4 is 10.1 Å². The number of nitrogens with one attached hydrogen (secondary N) is 1. The fraction of sp³-hybridized carbons (Fsp3) is 0.333. The lowest BCUT2D eigenvalue weighted by atomic mass is 9.95. The first-order chi connectivity index (χ1) is 12.2. The van der Waals surface area contributed by atoms with Crippen molar-refractivity contribution in [3.8, 4) is 11.5 Å². The van der Waals surface area contributed by atoms with Crippen LogP contribution >= 0.6 is 12.4 Å². The van der Waals surface area contributed by atoms with Crippen LogP contribution in [0.25, 0.3) is 6.08 Å². The molecule has 1 N–H and O–H groups in total. The summed E-state index contributed by atoms with van der Waals surface area (Å²) in [7, 11) is 0. The van der Waals surface area contributed by atoms with E-state index in [4.69, 9.17) is 4.74 Å². The molecule has 0 atom stereocenters. The molecule has 26 heavy (non-hydrogen) atoms. The monoisotopic (exact) mass is 372 g/mol. The van der Waals surface area contributed by atoms with E-state index in [1.165, 1.54) is 19.3 Å². The minimum atomic E-state index is 0. The molecule has 0 radical (unpaired) electrons. The van der Waals surface area contributed by atoms with Crippen molar-refractivity contribution in [2.75, 3.05) is 0 Å². The molecule has 1 aliphatic carbocycles. The van der Waals surface area contributed by atoms with Crippen LogP contribution in [-0.2, 0) is 4.79 Å². The van der Waals surface area contributed by atoms with Crippen molar-refractivity contribution in [3.05, 3.63) is 59.9 Å². The molecule has 3 rings (SSSR count). The van der Waals surface area contributed by atoms with Crippen LogP contribution in [-0.4, -0.2) is 16.9 Å². The molecule has 0 spiro atoms. The standard InChI is InChI=1S/C21H24N2O2.ClH/c1-16(21(24)23-18-6-3-2-4-7-18)14-17-9-11-19(12-10-17)25-20-8-5-13-22-15-20;/h5,8-15,18H,2-4,6-7H2,1H3,(H,23,24);1H. The van der Waals surface area contributed by atoms with Gasteiger partial charge in [-0.3, -0.25) is 9.78 Å². The summed E-state index contributed by atoms with van der Waals surface area (Å²) >= 11 is 0. The van der Waals surface area contributed by atoms with E-state index >= 15 is 0 Å². The molecule has 1 amide bonds. The summed E-state index contributed by atoms with van der Waals surface area (Å²) in [6.45, 7) is 1.86. The molecule has 0 saturated heterocycles. The SMILES string of the molecule is CC(=Cc1ccc(Oc2cccnc2)cc1)C(=O)NC1CCCCC1.Cl. The number of halogens is 1. The maximum Gasteiger partial charge on any atom is 0.247 e. The summed E-state index contributed by atoms with van der Waals surface area (Å²) in [5.74, 6) is 1.48. The molecule has 1 aromatic heterocycles. The van der Waals surface area contributed by atoms with Gasteiger partial charge < -0.3 is 10.1 Å². The number of rotatable bonds is 5. The van der Waals surface area contributed by atoms with Crippen molar-refractivity contribution < 1.29 is 9.53 Å². The molecule has 5 heteroatoms. The summed E-state index contributed by atoms with van der Waals surface area (Å²) in [5, 5.41) is 3.14. The zero-order valence-corrected chi connectivity index (χ0v) is 15.8. The number of hydrogen-bond donors (Lipinski definition) is 1. The molecule has 0 unspecified atom stereocenters. The smallest absolute Gasteiger partial charge is 0.247 e. The third kappa shape index (κ3) is 5.88. The fourth-order valence-electron chi connectivity index (χ4n) is 3.04. The van der Waals surface area contributed by atoms with Gasteiger partial charge in [0.15, 0.2) is 0 Å². The van der Waals surface area contributed by atoms with E-state index in [1.807, 2.05) is 49.4 Å². The molecule has 138 valence electrons. The predicted octanol–water partition coefficient (Wildman–Crippen LogP) is 5.15. The van der Waals surface area contributed by atoms with Gasteiger partial charge in [0.2, 0.25) is 5.91 Å². The number of pyridine rings is 1. The lowest BCUT2D eigenvalue weighted by Crippen LogP contribution is -2.36. The molecular weight excluding hydrogens is 348 g/mol. The van der Waals surface area contributed by atoms with Crippen LogP contribution in [0.2, 0.25) is 0 Å². The second-order valence-corrected chi connectivity index (χ2v) is 6.50. The Hall–Kier alpha value is -2.33. The van der Waals surface area contributed by atoms with Gasteiger partial charge in [-0.15, -0.1) is 12.4 Å². The minimum absolute atomic E-state index is 0. The van der Waals surface area contributed by atoms with Crippen LogP contribution in [0.4, 0.5) is 0 Å². The van der Waals surface area contributed by atoms with Crippen LogP contribution in [0, 0.1) is 0 Å². The first-order valence-corrected chi connectivity index (χ1v) is 8.88. The Bertz CT molecular complexity index is 723. The van der Waals surface area contributed by atoms with Crippen molar-refractivity contribution in [1.29, 1.82) is 0 Å². The summed E-state index contributed by atoms with van der Waals surface area (Å²) in [6.07, 6.45) is 11.2. The van der Waals surface area contributed by atoms with Gasteiger partial charge in [0.05, 0.1) is 6.20 Å². The van der Waals surface area contributed by atoms with Gasteiger partial charge in [-0.1, -0.05) is 31.4 Å². The Kier molecular flexibility index (Phi) is 7.67. The molecular formula is C21H25ClN2O2. The number of hydrogen-bond acceptors (Lipinski definition) is 3. The number of benzene rings is 1. The van der Waals surface area contributed by atoms with Crippen molar-refractivity contribution in [2.24, 2.45) is 0 Å². The quantitative estimate of drug-likeness (QED) is 0.738. The number of aromatic nitrogens is 1. The Labute approximate surface area is 161 Å². The van der Waals surface area contributed by atoms with E-state index in [1.54, 1.807) is 12.4 Å². The number of ether oxygens (including phenoxy) is 1. The molecule has 2 aromatic rings. The van der Waals surface area contributed by atoms with E-state index < -0.39 is 0 Å². The number of carbonyl (C=O) groups excluding carboxylic acids is 1. The number of amides is 1. The Morgan fingerprint density at radius 1 is 1.12 bits per heavy atom. The van der Waals surface area contributed by atoms with Gasteiger partial charge in [-0.25, -0.2) is 0 Å². The summed E-state index contributed by atoms with van der Waals surface area (Å²) < 4.78 is 5.72. The van der Waals surface area contributed by atoms with Crippen molar-refractivity contribution in [3.63, 3.8) is 0 Å². The highest BCUT2D eigenvalue weighted by molar-refractivity contribution is 5.97. The van der Waals surface area contributed by atoms with Gasteiger partial charge >= 0.3 is 0 Å². The van der Waals surface area contributed by atoms with Gasteiger partial charge in [0, 0.05) is 17.8 Å². The van der Waals surface area contributed by atoms with Crippen molar-refractivity contribution >= 4 is 24.4 Å². The van der Waals surface area contributed by atoms with Crippen molar-refractivity contribution in [1.82, 2.24) is 10.3 Å². The number of nitrogens with zero attached hydrogens (tertiary/aromatic N) is 1. The maximum atomic E-state index is 12.3. The second-order valence-electron chi connectivity index (χ2n) is 6.50. The highest BCUT2D eigenvalue weighted by atomic mass is 35.5. The van der Waals surface area contributed by atoms with E-state index in [2.05, 4.69) is 10.3 Å². The molecule has 0 aliphatic heterocycles. The fourth-order valence-corrected chi connectivity index (χ4v) is 3.04. The molecule has 4 nitrogen and oxygen atoms in total. The van der Waals surface area contributed by atoms with Gasteiger partial charge in [-0.2, -0.15) is 0 Å². The van der Waals surface area contributed by atoms with Gasteiger partial charge in [0.1, 0.15) is 11.5 Å². The average molecular weight is 373 g/mol. The number of carbonyl (C=O) groups is 1. The lowest BCUT2D eigenvalue weighted by molar-refractivity contribution is -0.118. The van der Waals surface area contributed by atoms with Crippen LogP contribution in [0.15, 0.2) is 54.4 Å². The highest BCUT2D eigenvalue weighted by Gasteiger charge is 2.16. The summed E-state index contributed by atoms with van der Waals surface area (Å²) in [5.41, 5.74) is 1.71. The van der Waals surface area contributed by atoms with Gasteiger partial charge in [-0.05, 0) is 55.7 Å². The zero-order valence-electron chi connectivity index (χ0n) is 15.0. The predicted molar refractivity (Wildman–Crippen MR) is 107 cm³/mol.